The van der Waals surface area contributed by atoms with E-state index >= 15 is 0 Å². The molecule has 1 heterocycles. The molecule has 1 aliphatic rings. The average molecular weight is 496 g/mol. The number of nitrogens with one attached hydrogen (secondary N) is 2. The van der Waals surface area contributed by atoms with Crippen LogP contribution in [0.2, 0.25) is 0 Å². The second kappa shape index (κ2) is 11.6. The van der Waals surface area contributed by atoms with Crippen LogP contribution in [0, 0.1) is 0 Å². The molecule has 148 valence electrons. The summed E-state index contributed by atoms with van der Waals surface area (Å²) in [7, 11) is -0.747. The minimum atomic E-state index is -0.747. The van der Waals surface area contributed by atoms with Crippen LogP contribution in [0.1, 0.15) is 55.8 Å². The van der Waals surface area contributed by atoms with Crippen LogP contribution in [0.5, 0.6) is 0 Å². The van der Waals surface area contributed by atoms with Gasteiger partial charge in [0.15, 0.2) is 11.7 Å². The van der Waals surface area contributed by atoms with E-state index in [0.29, 0.717) is 24.0 Å². The Morgan fingerprint density at radius 3 is 2.77 bits per heavy atom. The molecule has 0 aliphatic heterocycles. The lowest BCUT2D eigenvalue weighted by Crippen LogP contribution is -2.46. The first-order valence-corrected chi connectivity index (χ1v) is 10.2. The molecule has 7 nitrogen and oxygen atoms in total. The lowest BCUT2D eigenvalue weighted by atomic mass is 9.95. The third-order valence-electron chi connectivity index (χ3n) is 4.26. The molecule has 1 aromatic rings. The molecule has 1 amide bonds. The second-order valence-corrected chi connectivity index (χ2v) is 8.13. The van der Waals surface area contributed by atoms with Gasteiger partial charge >= 0.3 is 0 Å². The molecule has 9 heteroatoms. The van der Waals surface area contributed by atoms with Crippen LogP contribution in [-0.4, -0.2) is 39.7 Å². The summed E-state index contributed by atoms with van der Waals surface area (Å²) in [5.41, 5.74) is 5.19. The molecular weight excluding hydrogens is 467 g/mol. The predicted octanol–water partition coefficient (Wildman–Crippen LogP) is 2.13. The first-order valence-electron chi connectivity index (χ1n) is 8.84. The molecule has 1 aromatic heterocycles. The minimum Gasteiger partial charge on any atom is -0.454 e. The summed E-state index contributed by atoms with van der Waals surface area (Å²) in [6.45, 7) is 5.04. The molecule has 1 saturated carbocycles. The van der Waals surface area contributed by atoms with Crippen molar-refractivity contribution in [2.45, 2.75) is 57.4 Å². The van der Waals surface area contributed by atoms with Gasteiger partial charge in [0, 0.05) is 34.4 Å². The molecule has 0 radical (unpaired) electrons. The Balaban J connectivity index is 0.00000338. The number of halogens is 1. The maximum Gasteiger partial charge on any atom is 0.284 e. The molecule has 3 unspecified atom stereocenters. The van der Waals surface area contributed by atoms with Crippen molar-refractivity contribution < 1.29 is 13.4 Å². The standard InChI is InChI=1S/C17H28N4O3S.HI/c1-3-19-17(20-11-13-8-9-15(24-13)16(18)22)21-12-6-5-7-14(10-12)25(23)4-2;/h8-9,12,14H,3-7,10-11H2,1-2H3,(H2,18,22)(H2,19,20,21);1H. The lowest BCUT2D eigenvalue weighted by Gasteiger charge is -2.30. The number of carbonyl (C=O) groups is 1. The van der Waals surface area contributed by atoms with Gasteiger partial charge in [-0.3, -0.25) is 9.00 Å². The van der Waals surface area contributed by atoms with Crippen LogP contribution >= 0.6 is 24.0 Å². The zero-order valence-corrected chi connectivity index (χ0v) is 18.5. The fourth-order valence-corrected chi connectivity index (χ4v) is 4.36. The van der Waals surface area contributed by atoms with Gasteiger partial charge in [-0.05, 0) is 38.3 Å². The van der Waals surface area contributed by atoms with Gasteiger partial charge in [0.2, 0.25) is 0 Å². The highest BCUT2D eigenvalue weighted by Crippen LogP contribution is 2.23. The van der Waals surface area contributed by atoms with Crippen molar-refractivity contribution in [3.8, 4) is 0 Å². The number of nitrogens with two attached hydrogens (primary N) is 1. The predicted molar refractivity (Wildman–Crippen MR) is 115 cm³/mol. The Bertz CT molecular complexity index is 635. The van der Waals surface area contributed by atoms with Crippen LogP contribution in [0.4, 0.5) is 0 Å². The van der Waals surface area contributed by atoms with Gasteiger partial charge in [-0.15, -0.1) is 24.0 Å². The molecule has 0 saturated heterocycles. The van der Waals surface area contributed by atoms with Gasteiger partial charge in [-0.1, -0.05) is 13.3 Å². The number of furan rings is 1. The van der Waals surface area contributed by atoms with Gasteiger partial charge < -0.3 is 20.8 Å². The van der Waals surface area contributed by atoms with Crippen LogP contribution in [0.15, 0.2) is 21.5 Å². The fraction of sp³-hybridized carbons (Fsp3) is 0.647. The number of rotatable bonds is 7. The third kappa shape index (κ3) is 6.90. The van der Waals surface area contributed by atoms with Gasteiger partial charge in [0.05, 0.1) is 0 Å². The number of hydrogen-bond donors (Lipinski definition) is 3. The Kier molecular flexibility index (Phi) is 10.2. The van der Waals surface area contributed by atoms with Crippen molar-refractivity contribution >= 4 is 46.6 Å². The molecule has 4 N–H and O–H groups in total. The monoisotopic (exact) mass is 496 g/mol. The number of nitrogens with zero attached hydrogens (tertiary/aromatic N) is 1. The van der Waals surface area contributed by atoms with E-state index in [2.05, 4.69) is 15.6 Å². The topological polar surface area (TPSA) is 110 Å². The highest BCUT2D eigenvalue weighted by atomic mass is 127. The number of guanidine groups is 1. The molecule has 1 aliphatic carbocycles. The van der Waals surface area contributed by atoms with Crippen molar-refractivity contribution in [3.63, 3.8) is 0 Å². The number of carbonyl (C=O) groups excluding carboxylic acids is 1. The first kappa shape index (κ1) is 22.9. The Hall–Kier alpha value is -1.10. The van der Waals surface area contributed by atoms with E-state index in [9.17, 15) is 9.00 Å². The number of aliphatic imine (C=N–C) groups is 1. The zero-order valence-electron chi connectivity index (χ0n) is 15.3. The molecular formula is C17H29IN4O3S. The summed E-state index contributed by atoms with van der Waals surface area (Å²) in [4.78, 5) is 15.6. The lowest BCUT2D eigenvalue weighted by molar-refractivity contribution is 0.0972. The summed E-state index contributed by atoms with van der Waals surface area (Å²) in [6, 6.07) is 3.53. The van der Waals surface area contributed by atoms with Crippen molar-refractivity contribution in [2.75, 3.05) is 12.3 Å². The zero-order chi connectivity index (χ0) is 18.2. The van der Waals surface area contributed by atoms with Crippen molar-refractivity contribution in [1.29, 1.82) is 0 Å². The molecule has 1 fully saturated rings. The van der Waals surface area contributed by atoms with Gasteiger partial charge in [-0.25, -0.2) is 4.99 Å². The van der Waals surface area contributed by atoms with Crippen molar-refractivity contribution in [1.82, 2.24) is 10.6 Å². The van der Waals surface area contributed by atoms with Gasteiger partial charge in [-0.2, -0.15) is 0 Å². The number of primary amides is 1. The van der Waals surface area contributed by atoms with E-state index in [1.165, 1.54) is 0 Å². The van der Waals surface area contributed by atoms with Crippen LogP contribution < -0.4 is 16.4 Å². The normalized spacial score (nSPS) is 21.5. The van der Waals surface area contributed by atoms with Crippen LogP contribution in [-0.2, 0) is 17.3 Å². The Labute approximate surface area is 174 Å². The van der Waals surface area contributed by atoms with E-state index in [1.54, 1.807) is 12.1 Å². The van der Waals surface area contributed by atoms with E-state index in [0.717, 1.165) is 32.2 Å². The van der Waals surface area contributed by atoms with Gasteiger partial charge in [0.25, 0.3) is 5.91 Å². The second-order valence-electron chi connectivity index (χ2n) is 6.12. The van der Waals surface area contributed by atoms with Crippen molar-refractivity contribution in [2.24, 2.45) is 10.7 Å². The molecule has 0 bridgehead atoms. The summed E-state index contributed by atoms with van der Waals surface area (Å²) < 4.78 is 17.4. The third-order valence-corrected chi connectivity index (χ3v) is 6.01. The molecule has 0 aromatic carbocycles. The average Bonchev–Trinajstić information content (AvgIpc) is 3.09. The van der Waals surface area contributed by atoms with E-state index in [-0.39, 0.29) is 41.0 Å². The molecule has 2 rings (SSSR count). The summed E-state index contributed by atoms with van der Waals surface area (Å²) >= 11 is 0. The van der Waals surface area contributed by atoms with Crippen molar-refractivity contribution in [3.05, 3.63) is 23.7 Å². The summed E-state index contributed by atoms with van der Waals surface area (Å²) in [5.74, 6) is 1.55. The van der Waals surface area contributed by atoms with Crippen LogP contribution in [0.25, 0.3) is 0 Å². The van der Waals surface area contributed by atoms with Gasteiger partial charge in [0.1, 0.15) is 12.3 Å². The Morgan fingerprint density at radius 2 is 2.15 bits per heavy atom. The maximum atomic E-state index is 12.1. The smallest absolute Gasteiger partial charge is 0.284 e. The quantitative estimate of drug-likeness (QED) is 0.305. The first-order chi connectivity index (χ1) is 12.0. The number of amides is 1. The molecule has 3 atom stereocenters. The largest absolute Gasteiger partial charge is 0.454 e. The Morgan fingerprint density at radius 1 is 1.38 bits per heavy atom. The molecule has 0 spiro atoms. The van der Waals surface area contributed by atoms with E-state index < -0.39 is 16.7 Å². The molecule has 26 heavy (non-hydrogen) atoms. The minimum absolute atomic E-state index is 0. The van der Waals surface area contributed by atoms with Crippen LogP contribution in [0.3, 0.4) is 0 Å². The summed E-state index contributed by atoms with van der Waals surface area (Å²) in [5, 5.41) is 6.92. The maximum absolute atomic E-state index is 12.1. The highest BCUT2D eigenvalue weighted by Gasteiger charge is 2.26. The van der Waals surface area contributed by atoms with E-state index in [1.807, 2.05) is 13.8 Å². The van der Waals surface area contributed by atoms with E-state index in [4.69, 9.17) is 10.2 Å². The fourth-order valence-electron chi connectivity index (χ4n) is 3.02. The highest BCUT2D eigenvalue weighted by molar-refractivity contribution is 14.0. The SMILES string of the molecule is CCNC(=NCc1ccc(C(N)=O)o1)NC1CCCC(S(=O)CC)C1.I. The summed E-state index contributed by atoms with van der Waals surface area (Å²) in [6.07, 6.45) is 4.06. The number of hydrogen-bond acceptors (Lipinski definition) is 4.